The molecule has 0 aromatic heterocycles. The van der Waals surface area contributed by atoms with E-state index in [1.807, 2.05) is 0 Å². The van der Waals surface area contributed by atoms with Crippen LogP contribution in [-0.4, -0.2) is 10.4 Å². The zero-order chi connectivity index (χ0) is 13.4. The highest BCUT2D eigenvalue weighted by atomic mass is 31.1. The van der Waals surface area contributed by atoms with Crippen LogP contribution in [0.25, 0.3) is 0 Å². The van der Waals surface area contributed by atoms with Crippen molar-refractivity contribution in [1.29, 1.82) is 0 Å². The van der Waals surface area contributed by atoms with Crippen molar-refractivity contribution in [2.45, 2.75) is 59.0 Å². The van der Waals surface area contributed by atoms with Gasteiger partial charge < -0.3 is 0 Å². The third-order valence-corrected chi connectivity index (χ3v) is 6.16. The first-order valence-corrected chi connectivity index (χ1v) is 7.99. The highest BCUT2D eigenvalue weighted by Gasteiger charge is 2.39. The van der Waals surface area contributed by atoms with Gasteiger partial charge in [-0.1, -0.05) is 66.6 Å². The van der Waals surface area contributed by atoms with Crippen molar-refractivity contribution in [2.24, 2.45) is 5.41 Å². The van der Waals surface area contributed by atoms with E-state index in [1.54, 1.807) is 13.5 Å². The third kappa shape index (κ3) is 2.86. The molecule has 0 saturated carbocycles. The summed E-state index contributed by atoms with van der Waals surface area (Å²) in [5, 5.41) is 2.11. The van der Waals surface area contributed by atoms with E-state index in [0.29, 0.717) is 10.6 Å². The Labute approximate surface area is 114 Å². The summed E-state index contributed by atoms with van der Waals surface area (Å²) in [4.78, 5) is 0. The van der Waals surface area contributed by atoms with Gasteiger partial charge in [-0.15, -0.1) is 0 Å². The Balaban J connectivity index is 2.06. The SMILES string of the molecule is CCC(C)(C)Cc1ccc(C2=PC2(C)CC)cc1. The summed E-state index contributed by atoms with van der Waals surface area (Å²) in [5.41, 5.74) is 3.35. The van der Waals surface area contributed by atoms with Crippen molar-refractivity contribution in [2.75, 3.05) is 0 Å². The van der Waals surface area contributed by atoms with Gasteiger partial charge in [0, 0.05) is 5.16 Å². The van der Waals surface area contributed by atoms with E-state index < -0.39 is 0 Å². The molecule has 1 aliphatic heterocycles. The predicted molar refractivity (Wildman–Crippen MR) is 83.9 cm³/mol. The van der Waals surface area contributed by atoms with E-state index in [2.05, 4.69) is 58.9 Å². The second-order valence-corrected chi connectivity index (χ2v) is 8.14. The topological polar surface area (TPSA) is 0 Å². The third-order valence-electron chi connectivity index (χ3n) is 4.37. The molecular weight excluding hydrogens is 235 g/mol. The van der Waals surface area contributed by atoms with Gasteiger partial charge >= 0.3 is 0 Å². The molecule has 1 heterocycles. The zero-order valence-corrected chi connectivity index (χ0v) is 13.3. The maximum Gasteiger partial charge on any atom is 0.0389 e. The van der Waals surface area contributed by atoms with E-state index in [0.717, 1.165) is 0 Å². The minimum Gasteiger partial charge on any atom is -0.0873 e. The molecule has 18 heavy (non-hydrogen) atoms. The van der Waals surface area contributed by atoms with Gasteiger partial charge in [-0.05, 0) is 41.6 Å². The number of hydrogen-bond acceptors (Lipinski definition) is 0. The van der Waals surface area contributed by atoms with Crippen molar-refractivity contribution >= 4 is 13.5 Å². The Kier molecular flexibility index (Phi) is 3.70. The Morgan fingerprint density at radius 3 is 2.17 bits per heavy atom. The molecule has 0 radical (unpaired) electrons. The highest BCUT2D eigenvalue weighted by Crippen LogP contribution is 2.49. The quantitative estimate of drug-likeness (QED) is 0.629. The molecule has 1 aromatic carbocycles. The molecule has 0 amide bonds. The van der Waals surface area contributed by atoms with Crippen LogP contribution in [-0.2, 0) is 6.42 Å². The standard InChI is InChI=1S/C17H25P/c1-6-16(3,4)12-13-8-10-14(11-9-13)15-17(5,7-2)18-15/h8-11H,6-7,12H2,1-5H3. The number of hydrogen-bond donors (Lipinski definition) is 0. The van der Waals surface area contributed by atoms with Gasteiger partial charge in [0.25, 0.3) is 0 Å². The second kappa shape index (κ2) is 4.82. The van der Waals surface area contributed by atoms with Gasteiger partial charge in [0.2, 0.25) is 0 Å². The molecule has 2 rings (SSSR count). The van der Waals surface area contributed by atoms with Gasteiger partial charge in [-0.3, -0.25) is 0 Å². The highest BCUT2D eigenvalue weighted by molar-refractivity contribution is 7.57. The Morgan fingerprint density at radius 2 is 1.72 bits per heavy atom. The molecule has 0 bridgehead atoms. The first-order valence-electron chi connectivity index (χ1n) is 7.10. The number of benzene rings is 1. The van der Waals surface area contributed by atoms with Gasteiger partial charge in [0.1, 0.15) is 0 Å². The Bertz CT molecular complexity index is 453. The van der Waals surface area contributed by atoms with Gasteiger partial charge in [-0.25, -0.2) is 0 Å². The Morgan fingerprint density at radius 1 is 1.11 bits per heavy atom. The summed E-state index contributed by atoms with van der Waals surface area (Å²) in [6.45, 7) is 11.6. The molecule has 0 aliphatic carbocycles. The van der Waals surface area contributed by atoms with Crippen LogP contribution in [0.3, 0.4) is 0 Å². The minimum atomic E-state index is 0.421. The monoisotopic (exact) mass is 260 g/mol. The average Bonchev–Trinajstić information content (AvgIpc) is 3.03. The molecule has 0 nitrogen and oxygen atoms in total. The summed E-state index contributed by atoms with van der Waals surface area (Å²) in [6.07, 6.45) is 3.68. The van der Waals surface area contributed by atoms with Crippen LogP contribution in [0.15, 0.2) is 24.3 Å². The lowest BCUT2D eigenvalue weighted by Gasteiger charge is -2.22. The summed E-state index contributed by atoms with van der Waals surface area (Å²) < 4.78 is 0. The van der Waals surface area contributed by atoms with Crippen LogP contribution in [0.2, 0.25) is 0 Å². The second-order valence-electron chi connectivity index (χ2n) is 6.48. The minimum absolute atomic E-state index is 0.421. The lowest BCUT2D eigenvalue weighted by Crippen LogP contribution is -2.14. The van der Waals surface area contributed by atoms with Gasteiger partial charge in [-0.2, -0.15) is 0 Å². The predicted octanol–water partition coefficient (Wildman–Crippen LogP) is 5.31. The molecule has 1 atom stereocenters. The summed E-state index contributed by atoms with van der Waals surface area (Å²) in [6, 6.07) is 9.29. The van der Waals surface area contributed by atoms with Crippen molar-refractivity contribution in [3.63, 3.8) is 0 Å². The van der Waals surface area contributed by atoms with Crippen molar-refractivity contribution in [1.82, 2.24) is 0 Å². The lowest BCUT2D eigenvalue weighted by atomic mass is 9.83. The van der Waals surface area contributed by atoms with E-state index >= 15 is 0 Å². The summed E-state index contributed by atoms with van der Waals surface area (Å²) in [5.74, 6) is 0. The van der Waals surface area contributed by atoms with Crippen LogP contribution in [0, 0.1) is 5.41 Å². The lowest BCUT2D eigenvalue weighted by molar-refractivity contribution is 0.349. The molecule has 0 spiro atoms. The fraction of sp³-hybridized carbons (Fsp3) is 0.588. The van der Waals surface area contributed by atoms with Crippen LogP contribution >= 0.6 is 8.20 Å². The smallest absolute Gasteiger partial charge is 0.0389 e. The molecular formula is C17H25P. The largest absolute Gasteiger partial charge is 0.0873 e. The fourth-order valence-corrected chi connectivity index (χ4v) is 3.46. The Hall–Kier alpha value is -0.610. The number of rotatable bonds is 5. The average molecular weight is 260 g/mol. The normalized spacial score (nSPS) is 23.7. The maximum atomic E-state index is 2.37. The first kappa shape index (κ1) is 13.8. The molecule has 1 heteroatoms. The van der Waals surface area contributed by atoms with Gasteiger partial charge in [0.15, 0.2) is 0 Å². The van der Waals surface area contributed by atoms with Gasteiger partial charge in [0.05, 0.1) is 0 Å². The van der Waals surface area contributed by atoms with Crippen molar-refractivity contribution in [3.8, 4) is 0 Å². The molecule has 0 saturated heterocycles. The first-order chi connectivity index (χ1) is 8.40. The van der Waals surface area contributed by atoms with Crippen LogP contribution in [0.1, 0.15) is 58.6 Å². The van der Waals surface area contributed by atoms with Crippen LogP contribution in [0.5, 0.6) is 0 Å². The van der Waals surface area contributed by atoms with E-state index in [1.165, 1.54) is 30.4 Å². The van der Waals surface area contributed by atoms with Crippen LogP contribution < -0.4 is 0 Å². The van der Waals surface area contributed by atoms with Crippen molar-refractivity contribution < 1.29 is 0 Å². The van der Waals surface area contributed by atoms with Crippen LogP contribution in [0.4, 0.5) is 0 Å². The molecule has 1 unspecified atom stereocenters. The molecule has 98 valence electrons. The molecule has 1 aromatic rings. The summed E-state index contributed by atoms with van der Waals surface area (Å²) >= 11 is 0. The van der Waals surface area contributed by atoms with E-state index in [9.17, 15) is 0 Å². The molecule has 0 fully saturated rings. The summed E-state index contributed by atoms with van der Waals surface area (Å²) in [7, 11) is 1.54. The zero-order valence-electron chi connectivity index (χ0n) is 12.4. The van der Waals surface area contributed by atoms with E-state index in [4.69, 9.17) is 0 Å². The maximum absolute atomic E-state index is 2.37. The molecule has 0 N–H and O–H groups in total. The van der Waals surface area contributed by atoms with E-state index in [-0.39, 0.29) is 0 Å². The molecule has 1 aliphatic rings. The fourth-order valence-electron chi connectivity index (χ4n) is 2.30. The van der Waals surface area contributed by atoms with Crippen molar-refractivity contribution in [3.05, 3.63) is 35.4 Å².